The average Bonchev–Trinajstić information content (AvgIpc) is 3.20. The van der Waals surface area contributed by atoms with Crippen molar-refractivity contribution in [2.45, 2.75) is 284 Å². The van der Waals surface area contributed by atoms with Crippen LogP contribution >= 0.6 is 0 Å². The number of rotatable bonds is 47. The van der Waals surface area contributed by atoms with Gasteiger partial charge >= 0.3 is 5.97 Å². The summed E-state index contributed by atoms with van der Waals surface area (Å²) in [5.41, 5.74) is 0. The summed E-state index contributed by atoms with van der Waals surface area (Å²) in [6.07, 6.45) is 74.1. The summed E-state index contributed by atoms with van der Waals surface area (Å²) >= 11 is 0. The minimum absolute atomic E-state index is 0.0263. The van der Waals surface area contributed by atoms with Gasteiger partial charge in [-0.25, -0.2) is 0 Å². The Balaban J connectivity index is 3.23. The van der Waals surface area contributed by atoms with Gasteiger partial charge in [-0.15, -0.1) is 0 Å². The van der Waals surface area contributed by atoms with Crippen LogP contribution < -0.4 is 0 Å². The fourth-order valence-corrected chi connectivity index (χ4v) is 7.66. The Bertz CT molecular complexity index is 851. The first-order chi connectivity index (χ1) is 27.8. The van der Waals surface area contributed by atoms with Crippen molar-refractivity contribution >= 4 is 5.97 Å². The molecule has 0 amide bonds. The summed E-state index contributed by atoms with van der Waals surface area (Å²) < 4.78 is 5.45. The highest BCUT2D eigenvalue weighted by atomic mass is 16.5. The van der Waals surface area contributed by atoms with Gasteiger partial charge < -0.3 is 4.74 Å². The van der Waals surface area contributed by atoms with Crippen molar-refractivity contribution in [3.63, 3.8) is 0 Å². The second kappa shape index (κ2) is 51.4. The highest BCUT2D eigenvalue weighted by Crippen LogP contribution is 2.17. The minimum Gasteiger partial charge on any atom is -0.466 e. The number of esters is 1. The molecule has 0 aromatic heterocycles. The van der Waals surface area contributed by atoms with Gasteiger partial charge in [0.1, 0.15) is 0 Å². The summed E-state index contributed by atoms with van der Waals surface area (Å²) in [5, 5.41) is 0. The lowest BCUT2D eigenvalue weighted by Gasteiger charge is -2.05. The predicted octanol–water partition coefficient (Wildman–Crippen LogP) is 19.2. The van der Waals surface area contributed by atoms with Crippen LogP contribution in [-0.2, 0) is 9.53 Å². The third-order valence-electron chi connectivity index (χ3n) is 11.5. The molecule has 328 valence electrons. The number of carbonyl (C=O) groups excluding carboxylic acids is 1. The summed E-state index contributed by atoms with van der Waals surface area (Å²) in [7, 11) is 0. The van der Waals surface area contributed by atoms with Crippen LogP contribution in [0.25, 0.3) is 0 Å². The molecule has 0 aromatic carbocycles. The Labute approximate surface area is 353 Å². The van der Waals surface area contributed by atoms with Gasteiger partial charge in [-0.05, 0) is 51.4 Å². The highest BCUT2D eigenvalue weighted by Gasteiger charge is 2.02. The molecule has 0 bridgehead atoms. The van der Waals surface area contributed by atoms with Crippen LogP contribution in [0.5, 0.6) is 0 Å². The lowest BCUT2D eigenvalue weighted by atomic mass is 10.0. The topological polar surface area (TPSA) is 26.3 Å². The molecule has 0 radical (unpaired) electrons. The Morgan fingerprint density at radius 1 is 0.304 bits per heavy atom. The minimum atomic E-state index is -0.0263. The molecule has 56 heavy (non-hydrogen) atoms. The molecule has 0 fully saturated rings. The van der Waals surface area contributed by atoms with Gasteiger partial charge in [-0.3, -0.25) is 4.79 Å². The van der Waals surface area contributed by atoms with Gasteiger partial charge in [-0.1, -0.05) is 274 Å². The van der Waals surface area contributed by atoms with E-state index in [0.29, 0.717) is 13.0 Å². The van der Waals surface area contributed by atoms with E-state index in [1.807, 2.05) is 0 Å². The Hall–Kier alpha value is -1.57. The van der Waals surface area contributed by atoms with E-state index >= 15 is 0 Å². The Kier molecular flexibility index (Phi) is 50.0. The van der Waals surface area contributed by atoms with Crippen LogP contribution in [0.2, 0.25) is 0 Å². The average molecular weight is 781 g/mol. The SMILES string of the molecule is CCCCCC=CCC=CCC=CCC=CCCCC(=O)OCCCCCCCCCCCCCCCCCCCCCCCCCCCCCCCCCC. The zero-order chi connectivity index (χ0) is 40.3. The first kappa shape index (κ1) is 54.4. The lowest BCUT2D eigenvalue weighted by molar-refractivity contribution is -0.143. The molecule has 0 rings (SSSR count). The van der Waals surface area contributed by atoms with E-state index < -0.39 is 0 Å². The van der Waals surface area contributed by atoms with Crippen molar-refractivity contribution in [1.82, 2.24) is 0 Å². The second-order valence-electron chi connectivity index (χ2n) is 17.2. The van der Waals surface area contributed by atoms with Crippen molar-refractivity contribution in [3.05, 3.63) is 48.6 Å². The normalized spacial score (nSPS) is 12.1. The molecule has 0 saturated heterocycles. The Morgan fingerprint density at radius 3 is 0.875 bits per heavy atom. The summed E-state index contributed by atoms with van der Waals surface area (Å²) in [5.74, 6) is -0.0263. The van der Waals surface area contributed by atoms with Gasteiger partial charge in [0.25, 0.3) is 0 Å². The summed E-state index contributed by atoms with van der Waals surface area (Å²) in [6.45, 7) is 5.16. The third kappa shape index (κ3) is 50.4. The van der Waals surface area contributed by atoms with E-state index in [4.69, 9.17) is 4.74 Å². The summed E-state index contributed by atoms with van der Waals surface area (Å²) in [6, 6.07) is 0. The Morgan fingerprint density at radius 2 is 0.554 bits per heavy atom. The molecule has 0 aliphatic heterocycles. The van der Waals surface area contributed by atoms with Crippen LogP contribution in [0.4, 0.5) is 0 Å². The number of hydrogen-bond donors (Lipinski definition) is 0. The second-order valence-corrected chi connectivity index (χ2v) is 17.2. The molecular weight excluding hydrogens is 681 g/mol. The molecule has 0 spiro atoms. The quantitative estimate of drug-likeness (QED) is 0.0349. The maximum absolute atomic E-state index is 12.0. The third-order valence-corrected chi connectivity index (χ3v) is 11.5. The van der Waals surface area contributed by atoms with Gasteiger partial charge in [0, 0.05) is 6.42 Å². The number of hydrogen-bond acceptors (Lipinski definition) is 2. The van der Waals surface area contributed by atoms with Crippen molar-refractivity contribution < 1.29 is 9.53 Å². The molecule has 0 heterocycles. The number of ether oxygens (including phenoxy) is 1. The molecule has 0 atom stereocenters. The smallest absolute Gasteiger partial charge is 0.305 e. The fourth-order valence-electron chi connectivity index (χ4n) is 7.66. The fraction of sp³-hybridized carbons (Fsp3) is 0.833. The number of unbranched alkanes of at least 4 members (excludes halogenated alkanes) is 35. The van der Waals surface area contributed by atoms with Crippen molar-refractivity contribution in [1.29, 1.82) is 0 Å². The van der Waals surface area contributed by atoms with Crippen molar-refractivity contribution in [2.75, 3.05) is 6.61 Å². The van der Waals surface area contributed by atoms with Gasteiger partial charge in [0.05, 0.1) is 6.61 Å². The van der Waals surface area contributed by atoms with E-state index in [2.05, 4.69) is 62.5 Å². The largest absolute Gasteiger partial charge is 0.466 e. The zero-order valence-corrected chi connectivity index (χ0v) is 38.3. The van der Waals surface area contributed by atoms with Gasteiger partial charge in [0.15, 0.2) is 0 Å². The molecule has 0 unspecified atom stereocenters. The molecule has 0 aliphatic carbocycles. The maximum Gasteiger partial charge on any atom is 0.305 e. The van der Waals surface area contributed by atoms with E-state index in [-0.39, 0.29) is 5.97 Å². The maximum atomic E-state index is 12.0. The van der Waals surface area contributed by atoms with Crippen LogP contribution in [0.1, 0.15) is 284 Å². The monoisotopic (exact) mass is 781 g/mol. The molecule has 0 saturated carbocycles. The van der Waals surface area contributed by atoms with Crippen molar-refractivity contribution in [3.8, 4) is 0 Å². The van der Waals surface area contributed by atoms with Gasteiger partial charge in [-0.2, -0.15) is 0 Å². The zero-order valence-electron chi connectivity index (χ0n) is 38.3. The van der Waals surface area contributed by atoms with Crippen LogP contribution in [0, 0.1) is 0 Å². The number of allylic oxidation sites excluding steroid dienone is 8. The highest BCUT2D eigenvalue weighted by molar-refractivity contribution is 5.69. The molecule has 0 aliphatic rings. The van der Waals surface area contributed by atoms with E-state index in [1.165, 1.54) is 225 Å². The molecule has 2 heteroatoms. The van der Waals surface area contributed by atoms with E-state index in [9.17, 15) is 4.79 Å². The van der Waals surface area contributed by atoms with Crippen molar-refractivity contribution in [2.24, 2.45) is 0 Å². The van der Waals surface area contributed by atoms with Gasteiger partial charge in [0.2, 0.25) is 0 Å². The molecular formula is C54H100O2. The van der Waals surface area contributed by atoms with E-state index in [0.717, 1.165) is 38.5 Å². The standard InChI is InChI=1S/C54H100O2/c1-3-5-7-9-11-13-15-17-19-21-22-23-24-25-26-27-28-29-30-31-32-33-34-35-37-39-41-43-45-47-49-51-53-56-54(55)52-50-48-46-44-42-40-38-36-20-18-16-14-12-10-8-6-4-2/h12,14,18,20,38,40,44,46H,3-11,13,15-17,19,21-37,39,41-43,45,47-53H2,1-2H3. The first-order valence-corrected chi connectivity index (χ1v) is 25.6. The first-order valence-electron chi connectivity index (χ1n) is 25.6. The summed E-state index contributed by atoms with van der Waals surface area (Å²) in [4.78, 5) is 12.0. The van der Waals surface area contributed by atoms with Crippen LogP contribution in [0.15, 0.2) is 48.6 Å². The van der Waals surface area contributed by atoms with E-state index in [1.54, 1.807) is 0 Å². The number of carbonyl (C=O) groups is 1. The molecule has 0 N–H and O–H groups in total. The lowest BCUT2D eigenvalue weighted by Crippen LogP contribution is -2.05. The predicted molar refractivity (Wildman–Crippen MR) is 253 cm³/mol. The van der Waals surface area contributed by atoms with Crippen LogP contribution in [-0.4, -0.2) is 12.6 Å². The molecule has 0 aromatic rings. The van der Waals surface area contributed by atoms with Crippen LogP contribution in [0.3, 0.4) is 0 Å². The molecule has 2 nitrogen and oxygen atoms in total.